The lowest BCUT2D eigenvalue weighted by atomic mass is 9.92. The number of likely N-dealkylation sites (tertiary alicyclic amines) is 1. The van der Waals surface area contributed by atoms with Gasteiger partial charge in [-0.05, 0) is 43.0 Å². The number of halogens is 1. The molecular weight excluding hydrogens is 395 g/mol. The number of benzene rings is 2. The molecule has 6 nitrogen and oxygen atoms in total. The second-order valence-corrected chi connectivity index (χ2v) is 8.57. The van der Waals surface area contributed by atoms with Crippen LogP contribution in [0.1, 0.15) is 47.3 Å². The molecule has 1 saturated carbocycles. The summed E-state index contributed by atoms with van der Waals surface area (Å²) in [6.45, 7) is 1.25. The van der Waals surface area contributed by atoms with E-state index in [0.29, 0.717) is 36.6 Å². The van der Waals surface area contributed by atoms with Gasteiger partial charge in [-0.3, -0.25) is 9.59 Å². The number of amides is 1. The number of aromatic nitrogens is 2. The minimum atomic E-state index is -0.511. The average molecular weight is 420 g/mol. The molecule has 2 N–H and O–H groups in total. The fourth-order valence-electron chi connectivity index (χ4n) is 4.51. The maximum Gasteiger partial charge on any atom is 0.272 e. The van der Waals surface area contributed by atoms with Crippen molar-refractivity contribution in [3.63, 3.8) is 0 Å². The van der Waals surface area contributed by atoms with Crippen LogP contribution >= 0.6 is 0 Å². The molecule has 7 heteroatoms. The standard InChI is InChI=1S/C24H25FN4O2/c25-21-9-8-15(13-22-18-6-1-2-7-19(18)23(30)28-27-22)12-20(21)24(31)29-11-10-17(14-29)26-16-4-3-5-16/h1-2,6-9,12,16-17,26H,3-5,10-11,13-14H2,(H,28,30). The summed E-state index contributed by atoms with van der Waals surface area (Å²) in [5.74, 6) is -0.778. The predicted molar refractivity (Wildman–Crippen MR) is 117 cm³/mol. The lowest BCUT2D eigenvalue weighted by molar-refractivity contribution is 0.0783. The Bertz CT molecular complexity index is 1190. The summed E-state index contributed by atoms with van der Waals surface area (Å²) in [7, 11) is 0. The zero-order valence-electron chi connectivity index (χ0n) is 17.2. The molecule has 0 radical (unpaired) electrons. The Morgan fingerprint density at radius 2 is 1.94 bits per heavy atom. The van der Waals surface area contributed by atoms with Crippen LogP contribution in [0.5, 0.6) is 0 Å². The number of rotatable bonds is 5. The van der Waals surface area contributed by atoms with Crippen LogP contribution in [0, 0.1) is 5.82 Å². The SMILES string of the molecule is O=C(c1cc(Cc2n[nH]c(=O)c3ccccc23)ccc1F)N1CCC(NC2CCC2)C1. The lowest BCUT2D eigenvalue weighted by Gasteiger charge is -2.29. The van der Waals surface area contributed by atoms with Crippen LogP contribution < -0.4 is 10.9 Å². The van der Waals surface area contributed by atoms with Gasteiger partial charge < -0.3 is 10.2 Å². The Kier molecular flexibility index (Phi) is 5.28. The number of nitrogens with one attached hydrogen (secondary N) is 2. The monoisotopic (exact) mass is 420 g/mol. The van der Waals surface area contributed by atoms with Crippen molar-refractivity contribution in [2.45, 2.75) is 44.2 Å². The molecular formula is C24H25FN4O2. The summed E-state index contributed by atoms with van der Waals surface area (Å²) in [4.78, 5) is 26.8. The van der Waals surface area contributed by atoms with Crippen molar-refractivity contribution in [2.75, 3.05) is 13.1 Å². The highest BCUT2D eigenvalue weighted by atomic mass is 19.1. The molecule has 0 spiro atoms. The Morgan fingerprint density at radius 3 is 2.71 bits per heavy atom. The molecule has 1 aliphatic carbocycles. The van der Waals surface area contributed by atoms with Crippen LogP contribution in [0.2, 0.25) is 0 Å². The number of nitrogens with zero attached hydrogens (tertiary/aromatic N) is 2. The number of aromatic amines is 1. The van der Waals surface area contributed by atoms with E-state index in [1.165, 1.54) is 25.3 Å². The fourth-order valence-corrected chi connectivity index (χ4v) is 4.51. The van der Waals surface area contributed by atoms with Crippen LogP contribution in [0.25, 0.3) is 10.8 Å². The molecule has 2 fully saturated rings. The van der Waals surface area contributed by atoms with Crippen molar-refractivity contribution in [3.8, 4) is 0 Å². The molecule has 1 aromatic heterocycles. The number of carbonyl (C=O) groups is 1. The predicted octanol–water partition coefficient (Wildman–Crippen LogP) is 3.01. The first-order valence-electron chi connectivity index (χ1n) is 10.9. The summed E-state index contributed by atoms with van der Waals surface area (Å²) in [6.07, 6.45) is 4.97. The van der Waals surface area contributed by atoms with E-state index in [9.17, 15) is 14.0 Å². The molecule has 1 amide bonds. The van der Waals surface area contributed by atoms with Gasteiger partial charge in [0.05, 0.1) is 16.6 Å². The van der Waals surface area contributed by atoms with E-state index in [2.05, 4.69) is 15.5 Å². The van der Waals surface area contributed by atoms with Crippen molar-refractivity contribution in [3.05, 3.63) is 75.5 Å². The van der Waals surface area contributed by atoms with Crippen LogP contribution in [0.3, 0.4) is 0 Å². The Morgan fingerprint density at radius 1 is 1.13 bits per heavy atom. The zero-order valence-corrected chi connectivity index (χ0v) is 17.2. The second-order valence-electron chi connectivity index (χ2n) is 8.57. The topological polar surface area (TPSA) is 78.1 Å². The van der Waals surface area contributed by atoms with Crippen LogP contribution in [0.15, 0.2) is 47.3 Å². The summed E-state index contributed by atoms with van der Waals surface area (Å²) in [5, 5.41) is 11.6. The average Bonchev–Trinajstić information content (AvgIpc) is 3.23. The maximum atomic E-state index is 14.6. The van der Waals surface area contributed by atoms with Gasteiger partial charge in [0.25, 0.3) is 11.5 Å². The number of hydrogen-bond donors (Lipinski definition) is 2. The number of fused-ring (bicyclic) bond motifs is 1. The molecule has 1 unspecified atom stereocenters. The molecule has 1 aliphatic heterocycles. The van der Waals surface area contributed by atoms with Gasteiger partial charge in [0.2, 0.25) is 0 Å². The van der Waals surface area contributed by atoms with Crippen molar-refractivity contribution in [1.29, 1.82) is 0 Å². The van der Waals surface area contributed by atoms with Gasteiger partial charge in [-0.2, -0.15) is 5.10 Å². The molecule has 1 saturated heterocycles. The van der Waals surface area contributed by atoms with E-state index >= 15 is 0 Å². The van der Waals surface area contributed by atoms with Gasteiger partial charge >= 0.3 is 0 Å². The molecule has 3 aromatic rings. The minimum absolute atomic E-state index is 0.0931. The first-order chi connectivity index (χ1) is 15.1. The molecule has 2 aromatic carbocycles. The van der Waals surface area contributed by atoms with Gasteiger partial charge in [0, 0.05) is 37.0 Å². The van der Waals surface area contributed by atoms with Crippen molar-refractivity contribution in [2.24, 2.45) is 0 Å². The first-order valence-corrected chi connectivity index (χ1v) is 10.9. The number of carbonyl (C=O) groups excluding carboxylic acids is 1. The van der Waals surface area contributed by atoms with Gasteiger partial charge in [-0.15, -0.1) is 0 Å². The van der Waals surface area contributed by atoms with E-state index in [-0.39, 0.29) is 23.1 Å². The van der Waals surface area contributed by atoms with E-state index in [1.54, 1.807) is 29.2 Å². The van der Waals surface area contributed by atoms with Crippen LogP contribution in [-0.4, -0.2) is 46.2 Å². The van der Waals surface area contributed by atoms with Crippen LogP contribution in [0.4, 0.5) is 4.39 Å². The highest BCUT2D eigenvalue weighted by Crippen LogP contribution is 2.23. The third kappa shape index (κ3) is 3.97. The Labute approximate surface area is 179 Å². The fraction of sp³-hybridized carbons (Fsp3) is 0.375. The largest absolute Gasteiger partial charge is 0.337 e. The Balaban J connectivity index is 1.35. The third-order valence-electron chi connectivity index (χ3n) is 6.46. The van der Waals surface area contributed by atoms with Gasteiger partial charge in [0.15, 0.2) is 0 Å². The van der Waals surface area contributed by atoms with E-state index in [4.69, 9.17) is 0 Å². The second kappa shape index (κ2) is 8.23. The smallest absolute Gasteiger partial charge is 0.272 e. The quantitative estimate of drug-likeness (QED) is 0.665. The van der Waals surface area contributed by atoms with E-state index in [1.807, 2.05) is 12.1 Å². The normalized spacial score (nSPS) is 19.0. The van der Waals surface area contributed by atoms with E-state index < -0.39 is 5.82 Å². The molecule has 2 aliphatic rings. The van der Waals surface area contributed by atoms with Crippen molar-refractivity contribution < 1.29 is 9.18 Å². The van der Waals surface area contributed by atoms with Crippen molar-refractivity contribution >= 4 is 16.7 Å². The first kappa shape index (κ1) is 19.9. The number of H-pyrrole nitrogens is 1. The summed E-state index contributed by atoms with van der Waals surface area (Å²) < 4.78 is 14.6. The van der Waals surface area contributed by atoms with Crippen LogP contribution in [-0.2, 0) is 6.42 Å². The molecule has 1 atom stereocenters. The molecule has 31 heavy (non-hydrogen) atoms. The molecule has 0 bridgehead atoms. The molecule has 5 rings (SSSR count). The number of hydrogen-bond acceptors (Lipinski definition) is 4. The lowest BCUT2D eigenvalue weighted by Crippen LogP contribution is -2.44. The summed E-state index contributed by atoms with van der Waals surface area (Å²) in [5.41, 5.74) is 1.31. The summed E-state index contributed by atoms with van der Waals surface area (Å²) >= 11 is 0. The highest BCUT2D eigenvalue weighted by Gasteiger charge is 2.31. The third-order valence-corrected chi connectivity index (χ3v) is 6.46. The maximum absolute atomic E-state index is 14.6. The van der Waals surface area contributed by atoms with Gasteiger partial charge in [-0.1, -0.05) is 30.7 Å². The minimum Gasteiger partial charge on any atom is -0.337 e. The van der Waals surface area contributed by atoms with Gasteiger partial charge in [-0.25, -0.2) is 9.49 Å². The zero-order chi connectivity index (χ0) is 21.4. The van der Waals surface area contributed by atoms with Crippen molar-refractivity contribution in [1.82, 2.24) is 20.4 Å². The van der Waals surface area contributed by atoms with E-state index in [0.717, 1.165) is 17.4 Å². The Hall–Kier alpha value is -3.06. The van der Waals surface area contributed by atoms with Gasteiger partial charge in [0.1, 0.15) is 5.82 Å². The molecule has 160 valence electrons. The highest BCUT2D eigenvalue weighted by molar-refractivity contribution is 5.95. The molecule has 2 heterocycles. The summed E-state index contributed by atoms with van der Waals surface area (Å²) in [6, 6.07) is 12.7.